The molecule has 0 spiro atoms. The van der Waals surface area contributed by atoms with Crippen LogP contribution in [0.1, 0.15) is 23.9 Å². The molecule has 0 bridgehead atoms. The van der Waals surface area contributed by atoms with Gasteiger partial charge in [0.1, 0.15) is 11.4 Å². The van der Waals surface area contributed by atoms with Crippen molar-refractivity contribution in [1.29, 1.82) is 0 Å². The lowest BCUT2D eigenvalue weighted by Gasteiger charge is -2.12. The van der Waals surface area contributed by atoms with Crippen molar-refractivity contribution in [3.8, 4) is 22.3 Å². The minimum atomic E-state index is -4.47. The van der Waals surface area contributed by atoms with Crippen LogP contribution in [0.15, 0.2) is 48.8 Å². The Bertz CT molecular complexity index is 1370. The lowest BCUT2D eigenvalue weighted by molar-refractivity contribution is -0.141. The molecular weight excluding hydrogens is 466 g/mol. The van der Waals surface area contributed by atoms with Crippen molar-refractivity contribution in [1.82, 2.24) is 15.0 Å². The molecule has 3 aromatic heterocycles. The summed E-state index contributed by atoms with van der Waals surface area (Å²) >= 11 is 1.39. The molecule has 0 aliphatic rings. The van der Waals surface area contributed by atoms with Crippen molar-refractivity contribution < 1.29 is 17.6 Å². The third-order valence-electron chi connectivity index (χ3n) is 4.95. The van der Waals surface area contributed by atoms with Gasteiger partial charge in [-0.05, 0) is 47.9 Å². The van der Waals surface area contributed by atoms with Gasteiger partial charge in [0.2, 0.25) is 5.95 Å². The number of nitrogens with zero attached hydrogens (tertiary/aromatic N) is 3. The maximum atomic E-state index is 13.6. The molecule has 0 fully saturated rings. The first-order valence-electron chi connectivity index (χ1n) is 10.2. The number of hydrogen-bond acceptors (Lipinski definition) is 6. The van der Waals surface area contributed by atoms with Gasteiger partial charge in [-0.3, -0.25) is 4.98 Å². The summed E-state index contributed by atoms with van der Waals surface area (Å²) in [5.74, 6) is 5.29. The summed E-state index contributed by atoms with van der Waals surface area (Å²) in [6.45, 7) is 2.06. The van der Waals surface area contributed by atoms with Gasteiger partial charge in [-0.2, -0.15) is 17.6 Å². The second-order valence-corrected chi connectivity index (χ2v) is 8.53. The average molecular weight is 486 g/mol. The zero-order valence-electron chi connectivity index (χ0n) is 17.9. The molecule has 0 radical (unpaired) electrons. The second kappa shape index (κ2) is 9.75. The molecule has 10 heteroatoms. The Labute approximate surface area is 197 Å². The van der Waals surface area contributed by atoms with Crippen LogP contribution in [0.5, 0.6) is 0 Å². The number of thiazole rings is 1. The largest absolute Gasteiger partial charge is 0.433 e. The van der Waals surface area contributed by atoms with E-state index in [1.54, 1.807) is 6.92 Å². The van der Waals surface area contributed by atoms with E-state index in [2.05, 4.69) is 32.1 Å². The number of nitrogens with one attached hydrogen (secondary N) is 1. The molecule has 3 heterocycles. The molecule has 1 aromatic carbocycles. The number of rotatable bonds is 6. The predicted octanol–water partition coefficient (Wildman–Crippen LogP) is 5.26. The van der Waals surface area contributed by atoms with Gasteiger partial charge in [0.25, 0.3) is 0 Å². The normalized spacial score (nSPS) is 12.3. The van der Waals surface area contributed by atoms with Crippen molar-refractivity contribution >= 4 is 27.2 Å². The number of fused-ring (bicyclic) bond motifs is 1. The molecule has 0 saturated carbocycles. The second-order valence-electron chi connectivity index (χ2n) is 7.54. The van der Waals surface area contributed by atoms with Crippen molar-refractivity contribution in [2.75, 3.05) is 11.9 Å². The van der Waals surface area contributed by atoms with Gasteiger partial charge in [0.05, 0.1) is 4.88 Å². The number of pyridine rings is 2. The number of halogens is 4. The van der Waals surface area contributed by atoms with Crippen molar-refractivity contribution in [2.24, 2.45) is 5.73 Å². The molecule has 3 N–H and O–H groups in total. The summed E-state index contributed by atoms with van der Waals surface area (Å²) < 4.78 is 51.6. The van der Waals surface area contributed by atoms with Crippen LogP contribution in [-0.2, 0) is 12.6 Å². The Kier molecular flexibility index (Phi) is 6.77. The van der Waals surface area contributed by atoms with Crippen molar-refractivity contribution in [3.05, 3.63) is 71.7 Å². The number of anilines is 1. The van der Waals surface area contributed by atoms with Crippen molar-refractivity contribution in [3.63, 3.8) is 0 Å². The molecule has 0 unspecified atom stereocenters. The van der Waals surface area contributed by atoms with Crippen LogP contribution in [0.3, 0.4) is 0 Å². The van der Waals surface area contributed by atoms with E-state index in [1.165, 1.54) is 35.9 Å². The first-order chi connectivity index (χ1) is 16.2. The van der Waals surface area contributed by atoms with Gasteiger partial charge in [-0.25, -0.2) is 9.97 Å². The Morgan fingerprint density at radius 1 is 1.09 bits per heavy atom. The molecule has 0 amide bonds. The average Bonchev–Trinajstić information content (AvgIpc) is 3.20. The highest BCUT2D eigenvalue weighted by Gasteiger charge is 2.32. The zero-order valence-corrected chi connectivity index (χ0v) is 18.8. The van der Waals surface area contributed by atoms with Gasteiger partial charge in [-0.1, -0.05) is 35.5 Å². The summed E-state index contributed by atoms with van der Waals surface area (Å²) in [6, 6.07) is 8.96. The molecule has 174 valence electrons. The minimum Gasteiger partial charge on any atom is -0.360 e. The van der Waals surface area contributed by atoms with Gasteiger partial charge in [0.15, 0.2) is 5.13 Å². The lowest BCUT2D eigenvalue weighted by atomic mass is 10.1. The fourth-order valence-electron chi connectivity index (χ4n) is 3.36. The topological polar surface area (TPSA) is 76.7 Å². The highest BCUT2D eigenvalue weighted by molar-refractivity contribution is 7.19. The smallest absolute Gasteiger partial charge is 0.360 e. The van der Waals surface area contributed by atoms with Crippen LogP contribution >= 0.6 is 11.3 Å². The highest BCUT2D eigenvalue weighted by atomic mass is 32.1. The van der Waals surface area contributed by atoms with E-state index in [0.717, 1.165) is 27.3 Å². The summed E-state index contributed by atoms with van der Waals surface area (Å²) in [5.41, 5.74) is 7.27. The van der Waals surface area contributed by atoms with Crippen LogP contribution in [-0.4, -0.2) is 27.5 Å². The third kappa shape index (κ3) is 5.50. The molecular formula is C24H19F4N5S. The van der Waals surface area contributed by atoms with E-state index in [4.69, 9.17) is 5.73 Å². The number of alkyl halides is 3. The number of aromatic nitrogens is 3. The Balaban J connectivity index is 1.48. The molecule has 34 heavy (non-hydrogen) atoms. The molecule has 0 aliphatic heterocycles. The van der Waals surface area contributed by atoms with Gasteiger partial charge < -0.3 is 11.1 Å². The van der Waals surface area contributed by atoms with E-state index in [0.29, 0.717) is 29.4 Å². The van der Waals surface area contributed by atoms with Crippen LogP contribution in [0.2, 0.25) is 0 Å². The summed E-state index contributed by atoms with van der Waals surface area (Å²) in [4.78, 5) is 12.5. The van der Waals surface area contributed by atoms with E-state index < -0.39 is 17.8 Å². The van der Waals surface area contributed by atoms with Crippen LogP contribution in [0, 0.1) is 17.8 Å². The highest BCUT2D eigenvalue weighted by Crippen LogP contribution is 2.34. The van der Waals surface area contributed by atoms with Gasteiger partial charge in [0, 0.05) is 36.4 Å². The fraction of sp³-hybridized carbons (Fsp3) is 0.208. The van der Waals surface area contributed by atoms with Crippen LogP contribution in [0.4, 0.5) is 22.7 Å². The zero-order chi connectivity index (χ0) is 24.3. The van der Waals surface area contributed by atoms with Gasteiger partial charge in [-0.15, -0.1) is 0 Å². The number of benzene rings is 1. The van der Waals surface area contributed by atoms with Crippen molar-refractivity contribution in [2.45, 2.75) is 25.6 Å². The maximum absolute atomic E-state index is 13.6. The fourth-order valence-corrected chi connectivity index (χ4v) is 4.28. The monoisotopic (exact) mass is 485 g/mol. The molecule has 4 aromatic rings. The van der Waals surface area contributed by atoms with Crippen LogP contribution < -0.4 is 11.1 Å². The number of hydrogen-bond donors (Lipinski definition) is 2. The minimum absolute atomic E-state index is 0.349. The number of nitrogens with two attached hydrogens (primary N) is 1. The van der Waals surface area contributed by atoms with E-state index in [9.17, 15) is 17.6 Å². The first kappa shape index (κ1) is 23.6. The molecule has 0 aliphatic carbocycles. The maximum Gasteiger partial charge on any atom is 0.433 e. The Morgan fingerprint density at radius 3 is 2.62 bits per heavy atom. The molecule has 1 atom stereocenters. The van der Waals surface area contributed by atoms with E-state index in [-0.39, 0.29) is 6.04 Å². The van der Waals surface area contributed by atoms with Crippen LogP contribution in [0.25, 0.3) is 21.2 Å². The standard InChI is InChI=1S/C24H19F4N5S/c1-2-3-19-22(15-5-6-16-12-31-21(25)10-17(16)9-15)34-23(33-19)32-13-18(29)8-14-4-7-20(30-11-14)24(26,27)28/h4-7,9-12,18H,8,13,29H2,1H3,(H,32,33)/t18-/m1/s1. The van der Waals surface area contributed by atoms with E-state index >= 15 is 0 Å². The van der Waals surface area contributed by atoms with Gasteiger partial charge >= 0.3 is 6.18 Å². The first-order valence-corrected chi connectivity index (χ1v) is 11.1. The quantitative estimate of drug-likeness (QED) is 0.221. The summed E-state index contributed by atoms with van der Waals surface area (Å²) in [5, 5.41) is 5.32. The lowest BCUT2D eigenvalue weighted by Crippen LogP contribution is -2.31. The Hall–Kier alpha value is -3.55. The summed E-state index contributed by atoms with van der Waals surface area (Å²) in [6.07, 6.45) is -1.45. The third-order valence-corrected chi connectivity index (χ3v) is 6.01. The molecule has 4 rings (SSSR count). The summed E-state index contributed by atoms with van der Waals surface area (Å²) in [7, 11) is 0. The molecule has 5 nitrogen and oxygen atoms in total. The van der Waals surface area contributed by atoms with E-state index in [1.807, 2.05) is 18.2 Å². The molecule has 0 saturated heterocycles. The Morgan fingerprint density at radius 2 is 1.91 bits per heavy atom. The predicted molar refractivity (Wildman–Crippen MR) is 125 cm³/mol. The SMILES string of the molecule is CC#Cc1nc(NC[C@H](N)Cc2ccc(C(F)(F)F)nc2)sc1-c1ccc2cnc(F)cc2c1.